The Morgan fingerprint density at radius 2 is 1.89 bits per heavy atom. The topological polar surface area (TPSA) is 29.9 Å². The number of ether oxygens (including phenoxy) is 2. The number of hydrogen-bond acceptors (Lipinski definition) is 4. The summed E-state index contributed by atoms with van der Waals surface area (Å²) in [6, 6.07) is 5.15. The number of aromatic nitrogens is 1. The molecule has 0 bridgehead atoms. The molecule has 3 aliphatic rings. The number of methoxy groups -OCH3 is 1. The average molecular weight is 376 g/mol. The third kappa shape index (κ3) is 3.98. The molecule has 1 aromatic heterocycles. The fraction of sp³-hybridized carbons (Fsp3) is 0.818. The van der Waals surface area contributed by atoms with Crippen molar-refractivity contribution >= 4 is 0 Å². The Hall–Kier alpha value is -0.880. The van der Waals surface area contributed by atoms with E-state index in [9.17, 15) is 0 Å². The second-order valence-corrected chi connectivity index (χ2v) is 8.79. The molecule has 2 aliphatic heterocycles. The van der Waals surface area contributed by atoms with Gasteiger partial charge < -0.3 is 14.0 Å². The molecule has 5 heteroatoms. The maximum Gasteiger partial charge on any atom is 0.0886 e. The summed E-state index contributed by atoms with van der Waals surface area (Å²) in [5.74, 6) is 0. The molecule has 3 heterocycles. The molecule has 1 spiro atoms. The normalized spacial score (nSPS) is 27.1. The molecule has 27 heavy (non-hydrogen) atoms. The first kappa shape index (κ1) is 19.4. The van der Waals surface area contributed by atoms with E-state index in [1.165, 1.54) is 63.7 Å². The van der Waals surface area contributed by atoms with E-state index in [4.69, 9.17) is 9.47 Å². The molecule has 5 nitrogen and oxygen atoms in total. The second kappa shape index (κ2) is 8.64. The van der Waals surface area contributed by atoms with Gasteiger partial charge in [0.1, 0.15) is 0 Å². The summed E-state index contributed by atoms with van der Waals surface area (Å²) >= 11 is 0. The lowest BCUT2D eigenvalue weighted by Gasteiger charge is -2.63. The van der Waals surface area contributed by atoms with Crippen LogP contribution in [0.2, 0.25) is 0 Å². The van der Waals surface area contributed by atoms with Crippen LogP contribution in [-0.2, 0) is 23.1 Å². The number of hydrogen-bond donors (Lipinski definition) is 0. The van der Waals surface area contributed by atoms with Crippen molar-refractivity contribution < 1.29 is 9.47 Å². The predicted octanol–water partition coefficient (Wildman–Crippen LogP) is 3.04. The summed E-state index contributed by atoms with van der Waals surface area (Å²) in [7, 11) is 3.91. The smallest absolute Gasteiger partial charge is 0.0886 e. The molecule has 0 N–H and O–H groups in total. The number of aryl methyl sites for hydroxylation is 1. The minimum atomic E-state index is 0.330. The first-order valence-electron chi connectivity index (χ1n) is 10.9. The van der Waals surface area contributed by atoms with E-state index in [1.54, 1.807) is 7.11 Å². The van der Waals surface area contributed by atoms with E-state index in [0.717, 1.165) is 25.7 Å². The van der Waals surface area contributed by atoms with E-state index in [2.05, 4.69) is 39.7 Å². The SMILES string of the molecule is COCCOC1CN(C2CCN(Cc3cccn3C)CC2)C12CCCCC2. The molecule has 0 aromatic carbocycles. The minimum Gasteiger partial charge on any atom is -0.382 e. The van der Waals surface area contributed by atoms with Gasteiger partial charge in [0, 0.05) is 63.8 Å². The highest BCUT2D eigenvalue weighted by molar-refractivity contribution is 5.12. The van der Waals surface area contributed by atoms with E-state index >= 15 is 0 Å². The third-order valence-electron chi connectivity index (χ3n) is 7.29. The highest BCUT2D eigenvalue weighted by atomic mass is 16.5. The molecule has 152 valence electrons. The highest BCUT2D eigenvalue weighted by Gasteiger charge is 2.56. The largest absolute Gasteiger partial charge is 0.382 e. The van der Waals surface area contributed by atoms with Crippen molar-refractivity contribution in [3.63, 3.8) is 0 Å². The highest BCUT2D eigenvalue weighted by Crippen LogP contribution is 2.47. The van der Waals surface area contributed by atoms with E-state index < -0.39 is 0 Å². The Kier molecular flexibility index (Phi) is 6.22. The molecule has 1 aliphatic carbocycles. The molecular formula is C22H37N3O2. The van der Waals surface area contributed by atoms with Crippen molar-refractivity contribution in [3.8, 4) is 0 Å². The molecule has 1 saturated carbocycles. The molecule has 2 saturated heterocycles. The van der Waals surface area contributed by atoms with Crippen molar-refractivity contribution in [2.75, 3.05) is 40.0 Å². The lowest BCUT2D eigenvalue weighted by molar-refractivity contribution is -0.204. The molecule has 1 atom stereocenters. The standard InChI is InChI=1S/C22H37N3O2/c1-23-12-6-7-20(23)17-24-13-8-19(9-14-24)25-18-21(27-16-15-26-2)22(25)10-4-3-5-11-22/h6-7,12,19,21H,3-5,8-11,13-18H2,1-2H3. The summed E-state index contributed by atoms with van der Waals surface area (Å²) < 4.78 is 13.7. The van der Waals surface area contributed by atoms with Crippen LogP contribution >= 0.6 is 0 Å². The van der Waals surface area contributed by atoms with Gasteiger partial charge in [-0.2, -0.15) is 0 Å². The Bertz CT molecular complexity index is 588. The van der Waals surface area contributed by atoms with Gasteiger partial charge in [0.2, 0.25) is 0 Å². The van der Waals surface area contributed by atoms with Crippen molar-refractivity contribution in [1.82, 2.24) is 14.4 Å². The first-order chi connectivity index (χ1) is 13.2. The van der Waals surface area contributed by atoms with Crippen LogP contribution in [0.5, 0.6) is 0 Å². The summed E-state index contributed by atoms with van der Waals surface area (Å²) in [6.07, 6.45) is 12.0. The third-order valence-corrected chi connectivity index (χ3v) is 7.29. The number of nitrogens with zero attached hydrogens (tertiary/aromatic N) is 3. The van der Waals surface area contributed by atoms with Gasteiger partial charge in [-0.05, 0) is 37.8 Å². The van der Waals surface area contributed by atoms with Gasteiger partial charge in [-0.1, -0.05) is 19.3 Å². The van der Waals surface area contributed by atoms with Gasteiger partial charge in [-0.3, -0.25) is 9.80 Å². The van der Waals surface area contributed by atoms with E-state index in [0.29, 0.717) is 18.2 Å². The van der Waals surface area contributed by atoms with Crippen molar-refractivity contribution in [2.24, 2.45) is 7.05 Å². The molecule has 1 aromatic rings. The lowest BCUT2D eigenvalue weighted by atomic mass is 9.69. The van der Waals surface area contributed by atoms with Crippen molar-refractivity contribution in [2.45, 2.75) is 69.2 Å². The van der Waals surface area contributed by atoms with Crippen LogP contribution in [0, 0.1) is 0 Å². The van der Waals surface area contributed by atoms with Crippen LogP contribution in [0.3, 0.4) is 0 Å². The van der Waals surface area contributed by atoms with Crippen LogP contribution < -0.4 is 0 Å². The number of rotatable bonds is 7. The van der Waals surface area contributed by atoms with Gasteiger partial charge in [-0.25, -0.2) is 0 Å². The number of piperidine rings is 1. The Morgan fingerprint density at radius 1 is 1.11 bits per heavy atom. The van der Waals surface area contributed by atoms with Gasteiger partial charge >= 0.3 is 0 Å². The Morgan fingerprint density at radius 3 is 2.56 bits per heavy atom. The van der Waals surface area contributed by atoms with Crippen molar-refractivity contribution in [1.29, 1.82) is 0 Å². The molecular weight excluding hydrogens is 338 g/mol. The Labute approximate surface area is 164 Å². The van der Waals surface area contributed by atoms with Crippen LogP contribution in [0.4, 0.5) is 0 Å². The molecule has 0 amide bonds. The average Bonchev–Trinajstić information content (AvgIpc) is 3.10. The summed E-state index contributed by atoms with van der Waals surface area (Å²) in [6.45, 7) is 6.11. The zero-order valence-corrected chi connectivity index (χ0v) is 17.2. The van der Waals surface area contributed by atoms with Crippen LogP contribution in [0.15, 0.2) is 18.3 Å². The van der Waals surface area contributed by atoms with Gasteiger partial charge in [-0.15, -0.1) is 0 Å². The predicted molar refractivity (Wildman–Crippen MR) is 108 cm³/mol. The van der Waals surface area contributed by atoms with Crippen LogP contribution in [0.1, 0.15) is 50.6 Å². The van der Waals surface area contributed by atoms with E-state index in [1.807, 2.05) is 0 Å². The summed E-state index contributed by atoms with van der Waals surface area (Å²) in [5.41, 5.74) is 1.75. The number of likely N-dealkylation sites (tertiary alicyclic amines) is 2. The molecule has 3 fully saturated rings. The summed E-state index contributed by atoms with van der Waals surface area (Å²) in [4.78, 5) is 5.48. The Balaban J connectivity index is 1.32. The van der Waals surface area contributed by atoms with Gasteiger partial charge in [0.25, 0.3) is 0 Å². The maximum absolute atomic E-state index is 6.26. The van der Waals surface area contributed by atoms with Gasteiger partial charge in [0.05, 0.1) is 19.3 Å². The van der Waals surface area contributed by atoms with E-state index in [-0.39, 0.29) is 0 Å². The monoisotopic (exact) mass is 375 g/mol. The molecule has 1 unspecified atom stereocenters. The van der Waals surface area contributed by atoms with Crippen LogP contribution in [0.25, 0.3) is 0 Å². The minimum absolute atomic E-state index is 0.330. The van der Waals surface area contributed by atoms with Gasteiger partial charge in [0.15, 0.2) is 0 Å². The molecule has 0 radical (unpaired) electrons. The fourth-order valence-electron chi connectivity index (χ4n) is 5.65. The molecule has 4 rings (SSSR count). The second-order valence-electron chi connectivity index (χ2n) is 8.79. The first-order valence-corrected chi connectivity index (χ1v) is 10.9. The maximum atomic E-state index is 6.26. The fourth-order valence-corrected chi connectivity index (χ4v) is 5.65. The lowest BCUT2D eigenvalue weighted by Crippen LogP contribution is -2.75. The van der Waals surface area contributed by atoms with Crippen molar-refractivity contribution in [3.05, 3.63) is 24.0 Å². The zero-order valence-electron chi connectivity index (χ0n) is 17.2. The summed E-state index contributed by atoms with van der Waals surface area (Å²) in [5, 5.41) is 0. The van der Waals surface area contributed by atoms with Crippen LogP contribution in [-0.4, -0.2) is 72.0 Å². The zero-order chi connectivity index (χ0) is 18.7. The quantitative estimate of drug-likeness (QED) is 0.685.